The molecule has 0 saturated carbocycles. The third-order valence-electron chi connectivity index (χ3n) is 3.75. The molecule has 0 fully saturated rings. The lowest BCUT2D eigenvalue weighted by atomic mass is 10.0. The number of hydrogen-bond donors (Lipinski definition) is 2. The van der Waals surface area contributed by atoms with E-state index < -0.39 is 0 Å². The smallest absolute Gasteiger partial charge is 0.291 e. The molecule has 25 heavy (non-hydrogen) atoms. The van der Waals surface area contributed by atoms with E-state index >= 15 is 0 Å². The summed E-state index contributed by atoms with van der Waals surface area (Å²) in [5.74, 6) is -0.0258. The largest absolute Gasteiger partial charge is 0.459 e. The van der Waals surface area contributed by atoms with Crippen molar-refractivity contribution >= 4 is 28.2 Å². The van der Waals surface area contributed by atoms with Crippen LogP contribution in [0.2, 0.25) is 0 Å². The highest BCUT2D eigenvalue weighted by Crippen LogP contribution is 2.23. The molecule has 3 aromatic rings. The Labute approximate surface area is 149 Å². The molecule has 0 bridgehead atoms. The maximum atomic E-state index is 12.3. The van der Waals surface area contributed by atoms with Crippen LogP contribution in [0.3, 0.4) is 0 Å². The molecule has 0 spiro atoms. The van der Waals surface area contributed by atoms with Crippen LogP contribution in [0.1, 0.15) is 38.6 Å². The van der Waals surface area contributed by atoms with E-state index in [1.54, 1.807) is 24.3 Å². The first-order valence-corrected chi connectivity index (χ1v) is 8.73. The summed E-state index contributed by atoms with van der Waals surface area (Å²) in [5, 5.41) is 6.25. The SMILES string of the molecule is CC(CNC(=O)c1ccc(NC(=O)c2ccco2)s1)c1ccccc1. The van der Waals surface area contributed by atoms with E-state index in [1.807, 2.05) is 30.3 Å². The minimum atomic E-state index is -0.337. The Bertz CT molecular complexity index is 841. The van der Waals surface area contributed by atoms with Gasteiger partial charge in [0.1, 0.15) is 0 Å². The lowest BCUT2D eigenvalue weighted by Crippen LogP contribution is -2.26. The van der Waals surface area contributed by atoms with Crippen molar-refractivity contribution in [3.05, 3.63) is 77.1 Å². The van der Waals surface area contributed by atoms with Gasteiger partial charge in [0.2, 0.25) is 0 Å². The van der Waals surface area contributed by atoms with Gasteiger partial charge in [0.15, 0.2) is 5.76 Å². The molecule has 1 aromatic carbocycles. The Balaban J connectivity index is 1.55. The molecule has 1 atom stereocenters. The van der Waals surface area contributed by atoms with Crippen molar-refractivity contribution in [3.8, 4) is 0 Å². The van der Waals surface area contributed by atoms with Gasteiger partial charge in [0.25, 0.3) is 11.8 Å². The van der Waals surface area contributed by atoms with Gasteiger partial charge in [-0.1, -0.05) is 37.3 Å². The van der Waals surface area contributed by atoms with Gasteiger partial charge in [-0.15, -0.1) is 11.3 Å². The van der Waals surface area contributed by atoms with E-state index in [0.717, 1.165) is 0 Å². The van der Waals surface area contributed by atoms with Crippen LogP contribution in [0.25, 0.3) is 0 Å². The van der Waals surface area contributed by atoms with E-state index in [9.17, 15) is 9.59 Å². The predicted molar refractivity (Wildman–Crippen MR) is 98.2 cm³/mol. The molecule has 2 amide bonds. The first-order valence-electron chi connectivity index (χ1n) is 7.91. The average molecular weight is 354 g/mol. The zero-order chi connectivity index (χ0) is 17.6. The lowest BCUT2D eigenvalue weighted by Gasteiger charge is -2.12. The van der Waals surface area contributed by atoms with Gasteiger partial charge in [0.05, 0.1) is 16.1 Å². The molecular formula is C19H18N2O3S. The summed E-state index contributed by atoms with van der Waals surface area (Å²) in [4.78, 5) is 24.8. The fourth-order valence-electron chi connectivity index (χ4n) is 2.34. The number of rotatable bonds is 6. The molecule has 5 nitrogen and oxygen atoms in total. The lowest BCUT2D eigenvalue weighted by molar-refractivity contribution is 0.0954. The number of carbonyl (C=O) groups is 2. The van der Waals surface area contributed by atoms with Crippen LogP contribution in [-0.4, -0.2) is 18.4 Å². The summed E-state index contributed by atoms with van der Waals surface area (Å²) in [6, 6.07) is 16.7. The summed E-state index contributed by atoms with van der Waals surface area (Å²) in [6.07, 6.45) is 1.44. The quantitative estimate of drug-likeness (QED) is 0.699. The third-order valence-corrected chi connectivity index (χ3v) is 4.75. The van der Waals surface area contributed by atoms with Crippen molar-refractivity contribution < 1.29 is 14.0 Å². The molecule has 128 valence electrons. The monoisotopic (exact) mass is 354 g/mol. The molecule has 1 unspecified atom stereocenters. The topological polar surface area (TPSA) is 71.3 Å². The first-order chi connectivity index (χ1) is 12.1. The minimum Gasteiger partial charge on any atom is -0.459 e. The van der Waals surface area contributed by atoms with Crippen LogP contribution >= 0.6 is 11.3 Å². The molecule has 0 aliphatic rings. The summed E-state index contributed by atoms with van der Waals surface area (Å²) in [6.45, 7) is 2.62. The molecule has 3 rings (SSSR count). The summed E-state index contributed by atoms with van der Waals surface area (Å²) < 4.78 is 5.04. The van der Waals surface area contributed by atoms with Crippen molar-refractivity contribution in [1.29, 1.82) is 0 Å². The zero-order valence-electron chi connectivity index (χ0n) is 13.7. The highest BCUT2D eigenvalue weighted by Gasteiger charge is 2.14. The van der Waals surface area contributed by atoms with E-state index in [1.165, 1.54) is 23.2 Å². The molecule has 2 heterocycles. The number of benzene rings is 1. The van der Waals surface area contributed by atoms with Crippen LogP contribution in [-0.2, 0) is 0 Å². The van der Waals surface area contributed by atoms with Crippen molar-refractivity contribution in [2.45, 2.75) is 12.8 Å². The highest BCUT2D eigenvalue weighted by molar-refractivity contribution is 7.18. The van der Waals surface area contributed by atoms with Crippen molar-refractivity contribution in [3.63, 3.8) is 0 Å². The van der Waals surface area contributed by atoms with Crippen LogP contribution < -0.4 is 10.6 Å². The average Bonchev–Trinajstić information content (AvgIpc) is 3.32. The van der Waals surface area contributed by atoms with Gasteiger partial charge in [-0.05, 0) is 35.7 Å². The Morgan fingerprint density at radius 3 is 2.56 bits per heavy atom. The Hall–Kier alpha value is -2.86. The Kier molecular flexibility index (Phi) is 5.30. The van der Waals surface area contributed by atoms with Crippen LogP contribution in [0.4, 0.5) is 5.00 Å². The Morgan fingerprint density at radius 1 is 1.04 bits per heavy atom. The number of carbonyl (C=O) groups excluding carboxylic acids is 2. The van der Waals surface area contributed by atoms with E-state index in [0.29, 0.717) is 16.4 Å². The molecule has 0 saturated heterocycles. The molecule has 0 radical (unpaired) electrons. The van der Waals surface area contributed by atoms with E-state index in [2.05, 4.69) is 17.6 Å². The fraction of sp³-hybridized carbons (Fsp3) is 0.158. The standard InChI is InChI=1S/C19H18N2O3S/c1-13(14-6-3-2-4-7-14)12-20-19(23)16-9-10-17(25-16)21-18(22)15-8-5-11-24-15/h2-11,13H,12H2,1H3,(H,20,23)(H,21,22). The van der Waals surface area contributed by atoms with Crippen LogP contribution in [0, 0.1) is 0 Å². The van der Waals surface area contributed by atoms with Gasteiger partial charge >= 0.3 is 0 Å². The second kappa shape index (κ2) is 7.81. The number of nitrogens with one attached hydrogen (secondary N) is 2. The summed E-state index contributed by atoms with van der Waals surface area (Å²) in [5.41, 5.74) is 1.18. The van der Waals surface area contributed by atoms with Gasteiger partial charge in [-0.3, -0.25) is 9.59 Å². The molecule has 2 aromatic heterocycles. The minimum absolute atomic E-state index is 0.147. The number of furan rings is 1. The van der Waals surface area contributed by atoms with Crippen LogP contribution in [0.15, 0.2) is 65.3 Å². The van der Waals surface area contributed by atoms with Crippen molar-refractivity contribution in [2.24, 2.45) is 0 Å². The van der Waals surface area contributed by atoms with E-state index in [-0.39, 0.29) is 23.5 Å². The van der Waals surface area contributed by atoms with Crippen molar-refractivity contribution in [2.75, 3.05) is 11.9 Å². The van der Waals surface area contributed by atoms with E-state index in [4.69, 9.17) is 4.42 Å². The number of anilines is 1. The normalized spacial score (nSPS) is 11.7. The second-order valence-electron chi connectivity index (χ2n) is 5.62. The van der Waals surface area contributed by atoms with Crippen molar-refractivity contribution in [1.82, 2.24) is 5.32 Å². The van der Waals surface area contributed by atoms with Crippen LogP contribution in [0.5, 0.6) is 0 Å². The first kappa shape index (κ1) is 17.0. The Morgan fingerprint density at radius 2 is 1.84 bits per heavy atom. The molecule has 0 aliphatic carbocycles. The van der Waals surface area contributed by atoms with Gasteiger partial charge in [0, 0.05) is 6.54 Å². The summed E-state index contributed by atoms with van der Waals surface area (Å²) >= 11 is 1.23. The molecule has 6 heteroatoms. The molecule has 2 N–H and O–H groups in total. The van der Waals surface area contributed by atoms with Gasteiger partial charge < -0.3 is 15.1 Å². The fourth-order valence-corrected chi connectivity index (χ4v) is 3.16. The maximum absolute atomic E-state index is 12.3. The zero-order valence-corrected chi connectivity index (χ0v) is 14.5. The third kappa shape index (κ3) is 4.36. The number of hydrogen-bond acceptors (Lipinski definition) is 4. The second-order valence-corrected chi connectivity index (χ2v) is 6.70. The molecular weight excluding hydrogens is 336 g/mol. The van der Waals surface area contributed by atoms with Gasteiger partial charge in [-0.25, -0.2) is 0 Å². The summed E-state index contributed by atoms with van der Waals surface area (Å²) in [7, 11) is 0. The predicted octanol–water partition coefficient (Wildman–Crippen LogP) is 4.13. The number of amides is 2. The van der Waals surface area contributed by atoms with Gasteiger partial charge in [-0.2, -0.15) is 0 Å². The maximum Gasteiger partial charge on any atom is 0.291 e. The molecule has 0 aliphatic heterocycles. The number of thiophene rings is 1. The highest BCUT2D eigenvalue weighted by atomic mass is 32.1.